The maximum absolute atomic E-state index is 8.70. The predicted octanol–water partition coefficient (Wildman–Crippen LogP) is 1.29. The van der Waals surface area contributed by atoms with Crippen LogP contribution in [0.25, 0.3) is 0 Å². The lowest BCUT2D eigenvalue weighted by molar-refractivity contribution is -0.0634. The third kappa shape index (κ3) is 4.60. The zero-order chi connectivity index (χ0) is 10.2. The van der Waals surface area contributed by atoms with Crippen LogP contribution >= 0.6 is 0 Å². The van der Waals surface area contributed by atoms with Gasteiger partial charge in [0.15, 0.2) is 0 Å². The van der Waals surface area contributed by atoms with E-state index in [1.54, 1.807) is 0 Å². The zero-order valence-corrected chi connectivity index (χ0v) is 8.88. The lowest BCUT2D eigenvalue weighted by Crippen LogP contribution is -2.41. The summed E-state index contributed by atoms with van der Waals surface area (Å²) in [4.78, 5) is 0. The van der Waals surface area contributed by atoms with Gasteiger partial charge in [-0.25, -0.2) is 0 Å². The van der Waals surface area contributed by atoms with Crippen LogP contribution < -0.4 is 5.73 Å². The van der Waals surface area contributed by atoms with Crippen molar-refractivity contribution in [2.75, 3.05) is 19.8 Å². The fourth-order valence-electron chi connectivity index (χ4n) is 1.71. The van der Waals surface area contributed by atoms with Crippen LogP contribution in [0.5, 0.6) is 0 Å². The minimum atomic E-state index is -0.188. The standard InChI is InChI=1S/C10H23NO2/c1-3-5-10(9-11,6-4-2)13-8-7-12/h12H,3-9,11H2,1-2H3. The molecule has 0 aromatic carbocycles. The maximum Gasteiger partial charge on any atom is 0.0805 e. The first-order valence-corrected chi connectivity index (χ1v) is 5.19. The molecular weight excluding hydrogens is 166 g/mol. The molecular formula is C10H23NO2. The van der Waals surface area contributed by atoms with Crippen molar-refractivity contribution < 1.29 is 9.84 Å². The van der Waals surface area contributed by atoms with Crippen LogP contribution in [0.2, 0.25) is 0 Å². The van der Waals surface area contributed by atoms with Crippen molar-refractivity contribution in [3.8, 4) is 0 Å². The first-order valence-electron chi connectivity index (χ1n) is 5.19. The number of hydrogen-bond donors (Lipinski definition) is 2. The molecule has 0 heterocycles. The van der Waals surface area contributed by atoms with Crippen LogP contribution in [-0.4, -0.2) is 30.5 Å². The first kappa shape index (κ1) is 12.9. The van der Waals surface area contributed by atoms with Gasteiger partial charge in [0.05, 0.1) is 18.8 Å². The third-order valence-corrected chi connectivity index (χ3v) is 2.28. The second-order valence-corrected chi connectivity index (χ2v) is 3.46. The number of nitrogens with two attached hydrogens (primary N) is 1. The van der Waals surface area contributed by atoms with Crippen LogP contribution in [-0.2, 0) is 4.74 Å². The molecule has 0 aromatic heterocycles. The van der Waals surface area contributed by atoms with E-state index in [4.69, 9.17) is 15.6 Å². The Morgan fingerprint density at radius 1 is 1.23 bits per heavy atom. The number of aliphatic hydroxyl groups is 1. The van der Waals surface area contributed by atoms with Gasteiger partial charge in [-0.05, 0) is 12.8 Å². The van der Waals surface area contributed by atoms with Gasteiger partial charge in [0.1, 0.15) is 0 Å². The fourth-order valence-corrected chi connectivity index (χ4v) is 1.71. The highest BCUT2D eigenvalue weighted by Gasteiger charge is 2.26. The van der Waals surface area contributed by atoms with Crippen molar-refractivity contribution in [3.63, 3.8) is 0 Å². The Kier molecular flexibility index (Phi) is 7.23. The SMILES string of the molecule is CCCC(CN)(CCC)OCCO. The van der Waals surface area contributed by atoms with Gasteiger partial charge in [-0.2, -0.15) is 0 Å². The summed E-state index contributed by atoms with van der Waals surface area (Å²) in [6, 6.07) is 0. The summed E-state index contributed by atoms with van der Waals surface area (Å²) in [7, 11) is 0. The largest absolute Gasteiger partial charge is 0.394 e. The Hall–Kier alpha value is -0.120. The van der Waals surface area contributed by atoms with E-state index >= 15 is 0 Å². The van der Waals surface area contributed by atoms with Crippen LogP contribution in [0.4, 0.5) is 0 Å². The van der Waals surface area contributed by atoms with Crippen molar-refractivity contribution in [1.29, 1.82) is 0 Å². The Bertz CT molecular complexity index is 111. The molecule has 0 radical (unpaired) electrons. The molecule has 0 aromatic rings. The van der Waals surface area contributed by atoms with Gasteiger partial charge in [0.25, 0.3) is 0 Å². The van der Waals surface area contributed by atoms with E-state index in [0.29, 0.717) is 13.2 Å². The minimum Gasteiger partial charge on any atom is -0.394 e. The highest BCUT2D eigenvalue weighted by atomic mass is 16.5. The zero-order valence-electron chi connectivity index (χ0n) is 8.88. The predicted molar refractivity (Wildman–Crippen MR) is 54.6 cm³/mol. The fraction of sp³-hybridized carbons (Fsp3) is 1.00. The molecule has 3 heteroatoms. The average molecular weight is 189 g/mol. The van der Waals surface area contributed by atoms with Crippen LogP contribution in [0.1, 0.15) is 39.5 Å². The molecule has 0 bridgehead atoms. The molecule has 0 amide bonds. The monoisotopic (exact) mass is 189 g/mol. The van der Waals surface area contributed by atoms with Gasteiger partial charge < -0.3 is 15.6 Å². The van der Waals surface area contributed by atoms with Crippen LogP contribution in [0.3, 0.4) is 0 Å². The first-order chi connectivity index (χ1) is 6.24. The summed E-state index contributed by atoms with van der Waals surface area (Å²) in [5.41, 5.74) is 5.53. The van der Waals surface area contributed by atoms with Crippen molar-refractivity contribution in [1.82, 2.24) is 0 Å². The van der Waals surface area contributed by atoms with Crippen LogP contribution in [0.15, 0.2) is 0 Å². The number of aliphatic hydroxyl groups excluding tert-OH is 1. The highest BCUT2D eigenvalue weighted by molar-refractivity contribution is 4.81. The van der Waals surface area contributed by atoms with Gasteiger partial charge >= 0.3 is 0 Å². The number of rotatable bonds is 8. The van der Waals surface area contributed by atoms with E-state index in [1.165, 1.54) is 0 Å². The smallest absolute Gasteiger partial charge is 0.0805 e. The molecule has 0 rings (SSSR count). The van der Waals surface area contributed by atoms with E-state index in [2.05, 4.69) is 13.8 Å². The van der Waals surface area contributed by atoms with Gasteiger partial charge in [-0.3, -0.25) is 0 Å². The van der Waals surface area contributed by atoms with Gasteiger partial charge in [-0.15, -0.1) is 0 Å². The summed E-state index contributed by atoms with van der Waals surface area (Å²) < 4.78 is 5.63. The molecule has 0 aliphatic rings. The van der Waals surface area contributed by atoms with E-state index in [-0.39, 0.29) is 12.2 Å². The molecule has 0 saturated carbocycles. The Morgan fingerprint density at radius 2 is 1.77 bits per heavy atom. The molecule has 3 N–H and O–H groups in total. The molecule has 0 saturated heterocycles. The topological polar surface area (TPSA) is 55.5 Å². The molecule has 80 valence electrons. The average Bonchev–Trinajstić information content (AvgIpc) is 2.15. The molecule has 0 atom stereocenters. The molecule has 3 nitrogen and oxygen atoms in total. The summed E-state index contributed by atoms with van der Waals surface area (Å²) in [6.45, 7) is 5.28. The van der Waals surface area contributed by atoms with Crippen molar-refractivity contribution in [2.24, 2.45) is 5.73 Å². The molecule has 0 aliphatic carbocycles. The molecule has 13 heavy (non-hydrogen) atoms. The molecule has 0 spiro atoms. The molecule has 0 unspecified atom stereocenters. The van der Waals surface area contributed by atoms with E-state index in [1.807, 2.05) is 0 Å². The molecule has 0 fully saturated rings. The van der Waals surface area contributed by atoms with Gasteiger partial charge in [0, 0.05) is 6.54 Å². The van der Waals surface area contributed by atoms with E-state index < -0.39 is 0 Å². The summed E-state index contributed by atoms with van der Waals surface area (Å²) in [6.07, 6.45) is 4.11. The van der Waals surface area contributed by atoms with Gasteiger partial charge in [0.2, 0.25) is 0 Å². The minimum absolute atomic E-state index is 0.0786. The third-order valence-electron chi connectivity index (χ3n) is 2.28. The Labute approximate surface area is 81.3 Å². The van der Waals surface area contributed by atoms with Crippen molar-refractivity contribution in [2.45, 2.75) is 45.1 Å². The maximum atomic E-state index is 8.70. The normalized spacial score (nSPS) is 12.0. The number of ether oxygens (including phenoxy) is 1. The van der Waals surface area contributed by atoms with E-state index in [9.17, 15) is 0 Å². The van der Waals surface area contributed by atoms with Crippen LogP contribution in [0, 0.1) is 0 Å². The van der Waals surface area contributed by atoms with Gasteiger partial charge in [-0.1, -0.05) is 26.7 Å². The second-order valence-electron chi connectivity index (χ2n) is 3.46. The lowest BCUT2D eigenvalue weighted by atomic mass is 9.92. The summed E-state index contributed by atoms with van der Waals surface area (Å²) in [5, 5.41) is 8.70. The highest BCUT2D eigenvalue weighted by Crippen LogP contribution is 2.22. The van der Waals surface area contributed by atoms with E-state index in [0.717, 1.165) is 25.7 Å². The van der Waals surface area contributed by atoms with Crippen molar-refractivity contribution in [3.05, 3.63) is 0 Å². The Morgan fingerprint density at radius 3 is 2.08 bits per heavy atom. The summed E-state index contributed by atoms with van der Waals surface area (Å²) >= 11 is 0. The second kappa shape index (κ2) is 7.30. The summed E-state index contributed by atoms with van der Waals surface area (Å²) in [5.74, 6) is 0. The van der Waals surface area contributed by atoms with Crippen molar-refractivity contribution >= 4 is 0 Å². The number of hydrogen-bond acceptors (Lipinski definition) is 3. The Balaban J connectivity index is 4.07. The lowest BCUT2D eigenvalue weighted by Gasteiger charge is -2.32. The molecule has 0 aliphatic heterocycles. The quantitative estimate of drug-likeness (QED) is 0.605.